The lowest BCUT2D eigenvalue weighted by Crippen LogP contribution is -2.10. The third-order valence-corrected chi connectivity index (χ3v) is 2.33. The van der Waals surface area contributed by atoms with E-state index in [4.69, 9.17) is 10.3 Å². The molecule has 1 unspecified atom stereocenters. The summed E-state index contributed by atoms with van der Waals surface area (Å²) in [4.78, 5) is 0. The van der Waals surface area contributed by atoms with E-state index in [2.05, 4.69) is 5.11 Å². The van der Waals surface area contributed by atoms with Gasteiger partial charge in [-0.15, -0.1) is 5.11 Å². The number of allylic oxidation sites excluding steroid dienone is 2. The molecule has 1 aliphatic rings. The van der Waals surface area contributed by atoms with E-state index in [1.165, 1.54) is 5.56 Å². The van der Waals surface area contributed by atoms with Crippen LogP contribution in [0.3, 0.4) is 0 Å². The van der Waals surface area contributed by atoms with E-state index in [0.29, 0.717) is 0 Å². The van der Waals surface area contributed by atoms with Gasteiger partial charge in [-0.3, -0.25) is 0 Å². The molecule has 0 saturated carbocycles. The fraction of sp³-hybridized carbons (Fsp3) is 0.167. The van der Waals surface area contributed by atoms with E-state index in [1.54, 1.807) is 6.26 Å². The minimum Gasteiger partial charge on any atom is -0.470 e. The third-order valence-electron chi connectivity index (χ3n) is 2.33. The molecule has 0 spiro atoms. The molecular formula is C12H12N2O. The second-order valence-electron chi connectivity index (χ2n) is 3.43. The van der Waals surface area contributed by atoms with Crippen LogP contribution in [0.25, 0.3) is 5.57 Å². The molecule has 0 bridgehead atoms. The number of aryl methyl sites for hydroxylation is 1. The maximum Gasteiger partial charge on any atom is 0.233 e. The summed E-state index contributed by atoms with van der Waals surface area (Å²) in [5.41, 5.74) is 10.2. The second kappa shape index (κ2) is 4.09. The summed E-state index contributed by atoms with van der Waals surface area (Å²) in [5, 5.41) is 3.44. The number of nitrogens with one attached hydrogen (secondary N) is 1. The first kappa shape index (κ1) is 9.65. The van der Waals surface area contributed by atoms with Gasteiger partial charge in [-0.2, -0.15) is 0 Å². The first-order valence-corrected chi connectivity index (χ1v) is 4.77. The molecule has 1 heterocycles. The Labute approximate surface area is 88.6 Å². The quantitative estimate of drug-likeness (QED) is 0.731. The summed E-state index contributed by atoms with van der Waals surface area (Å²) in [6.07, 6.45) is 4.80. The van der Waals surface area contributed by atoms with Crippen molar-refractivity contribution in [3.05, 3.63) is 53.8 Å². The molecule has 0 saturated heterocycles. The lowest BCUT2D eigenvalue weighted by Gasteiger charge is -2.17. The van der Waals surface area contributed by atoms with Gasteiger partial charge in [0.2, 0.25) is 6.23 Å². The lowest BCUT2D eigenvalue weighted by atomic mass is 10.0. The van der Waals surface area contributed by atoms with Gasteiger partial charge in [0.1, 0.15) is 0 Å². The normalized spacial score (nSPS) is 19.3. The summed E-state index contributed by atoms with van der Waals surface area (Å²) in [6.45, 7) is 2.04. The smallest absolute Gasteiger partial charge is 0.233 e. The standard InChI is InChI=1S/C12H12N2O/c1-9-4-6-10(7-5-9)11-3-2-8-15-12(11)14-13/h2-8,12-13H,1H3. The Morgan fingerprint density at radius 1 is 1.27 bits per heavy atom. The van der Waals surface area contributed by atoms with Crippen molar-refractivity contribution in [2.24, 2.45) is 5.11 Å². The number of benzene rings is 1. The van der Waals surface area contributed by atoms with Crippen LogP contribution < -0.4 is 0 Å². The molecule has 1 aromatic rings. The molecule has 0 radical (unpaired) electrons. The van der Waals surface area contributed by atoms with Gasteiger partial charge in [0.05, 0.1) is 6.26 Å². The van der Waals surface area contributed by atoms with E-state index >= 15 is 0 Å². The first-order chi connectivity index (χ1) is 7.31. The van der Waals surface area contributed by atoms with Crippen LogP contribution in [-0.2, 0) is 4.74 Å². The van der Waals surface area contributed by atoms with Crippen molar-refractivity contribution < 1.29 is 4.74 Å². The molecule has 0 aromatic heterocycles. The van der Waals surface area contributed by atoms with Gasteiger partial charge in [0, 0.05) is 5.57 Å². The highest BCUT2D eigenvalue weighted by Crippen LogP contribution is 2.24. The molecule has 1 aromatic carbocycles. The zero-order valence-electron chi connectivity index (χ0n) is 8.47. The van der Waals surface area contributed by atoms with Crippen molar-refractivity contribution in [3.63, 3.8) is 0 Å². The van der Waals surface area contributed by atoms with E-state index in [-0.39, 0.29) is 0 Å². The van der Waals surface area contributed by atoms with Crippen LogP contribution >= 0.6 is 0 Å². The topological polar surface area (TPSA) is 45.4 Å². The Hall–Kier alpha value is -1.90. The third kappa shape index (κ3) is 1.96. The van der Waals surface area contributed by atoms with Crippen molar-refractivity contribution in [2.75, 3.05) is 0 Å². The van der Waals surface area contributed by atoms with Crippen LogP contribution in [0.2, 0.25) is 0 Å². The molecule has 76 valence electrons. The summed E-state index contributed by atoms with van der Waals surface area (Å²) in [6, 6.07) is 8.11. The molecule has 1 aliphatic heterocycles. The van der Waals surface area contributed by atoms with E-state index < -0.39 is 6.23 Å². The van der Waals surface area contributed by atoms with Crippen LogP contribution in [0.1, 0.15) is 11.1 Å². The molecule has 0 aliphatic carbocycles. The van der Waals surface area contributed by atoms with Gasteiger partial charge in [0.15, 0.2) is 0 Å². The molecule has 2 rings (SSSR count). The molecule has 0 fully saturated rings. The van der Waals surface area contributed by atoms with E-state index in [0.717, 1.165) is 11.1 Å². The average Bonchev–Trinajstić information content (AvgIpc) is 2.30. The van der Waals surface area contributed by atoms with Crippen molar-refractivity contribution in [1.29, 1.82) is 5.53 Å². The maximum absolute atomic E-state index is 7.04. The highest BCUT2D eigenvalue weighted by molar-refractivity contribution is 5.70. The number of rotatable bonds is 2. The zero-order chi connectivity index (χ0) is 10.7. The number of nitrogens with zero attached hydrogens (tertiary/aromatic N) is 1. The largest absolute Gasteiger partial charge is 0.470 e. The Bertz CT molecular complexity index is 418. The number of hydrogen-bond acceptors (Lipinski definition) is 3. The summed E-state index contributed by atoms with van der Waals surface area (Å²) < 4.78 is 5.22. The van der Waals surface area contributed by atoms with Gasteiger partial charge in [0.25, 0.3) is 0 Å². The van der Waals surface area contributed by atoms with E-state index in [1.807, 2.05) is 43.3 Å². The average molecular weight is 200 g/mol. The van der Waals surface area contributed by atoms with Crippen molar-refractivity contribution in [1.82, 2.24) is 0 Å². The summed E-state index contributed by atoms with van der Waals surface area (Å²) in [7, 11) is 0. The van der Waals surface area contributed by atoms with E-state index in [9.17, 15) is 0 Å². The predicted octanol–water partition coefficient (Wildman–Crippen LogP) is 3.28. The van der Waals surface area contributed by atoms with Crippen molar-refractivity contribution in [3.8, 4) is 0 Å². The predicted molar refractivity (Wildman–Crippen MR) is 58.3 cm³/mol. The highest BCUT2D eigenvalue weighted by atomic mass is 16.5. The molecule has 3 nitrogen and oxygen atoms in total. The van der Waals surface area contributed by atoms with Crippen molar-refractivity contribution in [2.45, 2.75) is 13.2 Å². The highest BCUT2D eigenvalue weighted by Gasteiger charge is 2.16. The van der Waals surface area contributed by atoms with Crippen LogP contribution in [-0.4, -0.2) is 6.23 Å². The Morgan fingerprint density at radius 3 is 2.67 bits per heavy atom. The monoisotopic (exact) mass is 200 g/mol. The molecule has 1 atom stereocenters. The second-order valence-corrected chi connectivity index (χ2v) is 3.43. The van der Waals surface area contributed by atoms with Gasteiger partial charge in [-0.1, -0.05) is 29.8 Å². The van der Waals surface area contributed by atoms with Gasteiger partial charge < -0.3 is 4.74 Å². The summed E-state index contributed by atoms with van der Waals surface area (Å²) in [5.74, 6) is 0. The fourth-order valence-corrected chi connectivity index (χ4v) is 1.50. The molecule has 3 heteroatoms. The Morgan fingerprint density at radius 2 is 2.00 bits per heavy atom. The summed E-state index contributed by atoms with van der Waals surface area (Å²) >= 11 is 0. The van der Waals surface area contributed by atoms with Crippen LogP contribution in [0.5, 0.6) is 0 Å². The maximum atomic E-state index is 7.04. The van der Waals surface area contributed by atoms with Crippen molar-refractivity contribution >= 4 is 5.57 Å². The molecule has 1 N–H and O–H groups in total. The van der Waals surface area contributed by atoms with Crippen LogP contribution in [0.15, 0.2) is 47.8 Å². The molecule has 0 amide bonds. The zero-order valence-corrected chi connectivity index (χ0v) is 8.47. The van der Waals surface area contributed by atoms with Crippen LogP contribution in [0, 0.1) is 12.5 Å². The minimum atomic E-state index is -0.502. The van der Waals surface area contributed by atoms with Gasteiger partial charge in [-0.05, 0) is 24.6 Å². The first-order valence-electron chi connectivity index (χ1n) is 4.77. The number of hydrogen-bond donors (Lipinski definition) is 1. The van der Waals surface area contributed by atoms with Crippen LogP contribution in [0.4, 0.5) is 0 Å². The Kier molecular flexibility index (Phi) is 2.63. The Balaban J connectivity index is 2.36. The molecule has 15 heavy (non-hydrogen) atoms. The SMILES string of the molecule is Cc1ccc(C2=CC=COC2N=N)cc1. The molecular weight excluding hydrogens is 188 g/mol. The minimum absolute atomic E-state index is 0.502. The fourth-order valence-electron chi connectivity index (χ4n) is 1.50. The number of ether oxygens (including phenoxy) is 1. The van der Waals surface area contributed by atoms with Gasteiger partial charge >= 0.3 is 0 Å². The lowest BCUT2D eigenvalue weighted by molar-refractivity contribution is 0.190. The van der Waals surface area contributed by atoms with Gasteiger partial charge in [-0.25, -0.2) is 5.53 Å².